The van der Waals surface area contributed by atoms with Crippen LogP contribution < -0.4 is 15.1 Å². The molecule has 7 nitrogen and oxygen atoms in total. The zero-order valence-corrected chi connectivity index (χ0v) is 16.3. The average molecular weight is 396 g/mol. The molecule has 0 spiro atoms. The minimum atomic E-state index is -0.547. The van der Waals surface area contributed by atoms with Crippen LogP contribution in [0.3, 0.4) is 0 Å². The number of nitrogens with zero attached hydrogens (tertiary/aromatic N) is 4. The molecular formula is C21H21FN4O3. The number of amides is 1. The van der Waals surface area contributed by atoms with Gasteiger partial charge < -0.3 is 14.5 Å². The van der Waals surface area contributed by atoms with Crippen molar-refractivity contribution in [1.29, 1.82) is 0 Å². The fourth-order valence-corrected chi connectivity index (χ4v) is 3.68. The van der Waals surface area contributed by atoms with E-state index in [2.05, 4.69) is 10.00 Å². The normalized spacial score (nSPS) is 14.3. The third kappa shape index (κ3) is 3.41. The van der Waals surface area contributed by atoms with Gasteiger partial charge in [-0.1, -0.05) is 12.1 Å². The summed E-state index contributed by atoms with van der Waals surface area (Å²) in [5.74, 6) is -0.180. The maximum atomic E-state index is 13.6. The van der Waals surface area contributed by atoms with Crippen molar-refractivity contribution >= 4 is 22.5 Å². The van der Waals surface area contributed by atoms with Crippen LogP contribution in [0.1, 0.15) is 10.5 Å². The van der Waals surface area contributed by atoms with E-state index in [1.54, 1.807) is 19.1 Å². The van der Waals surface area contributed by atoms with Gasteiger partial charge in [0.1, 0.15) is 11.6 Å². The molecule has 0 saturated carbocycles. The molecule has 4 rings (SSSR count). The number of aryl methyl sites for hydroxylation is 1. The Balaban J connectivity index is 1.57. The van der Waals surface area contributed by atoms with Gasteiger partial charge in [0, 0.05) is 33.2 Å². The number of fused-ring (bicyclic) bond motifs is 1. The number of carbonyl (C=O) groups excluding carboxylic acids is 1. The van der Waals surface area contributed by atoms with Crippen molar-refractivity contribution in [3.8, 4) is 5.75 Å². The van der Waals surface area contributed by atoms with Crippen LogP contribution in [-0.2, 0) is 7.05 Å². The summed E-state index contributed by atoms with van der Waals surface area (Å²) in [6.07, 6.45) is 0. The first kappa shape index (κ1) is 18.9. The second kappa shape index (κ2) is 7.54. The molecule has 0 radical (unpaired) electrons. The number of halogens is 1. The Hall–Kier alpha value is -3.42. The van der Waals surface area contributed by atoms with Crippen molar-refractivity contribution in [2.45, 2.75) is 0 Å². The fraction of sp³-hybridized carbons (Fsp3) is 0.286. The van der Waals surface area contributed by atoms with Crippen molar-refractivity contribution in [3.05, 3.63) is 64.2 Å². The zero-order valence-electron chi connectivity index (χ0n) is 16.3. The van der Waals surface area contributed by atoms with E-state index < -0.39 is 17.2 Å². The summed E-state index contributed by atoms with van der Waals surface area (Å²) < 4.78 is 20.5. The molecule has 2 heterocycles. The molecule has 29 heavy (non-hydrogen) atoms. The number of ether oxygens (including phenoxy) is 1. The van der Waals surface area contributed by atoms with E-state index in [0.29, 0.717) is 31.7 Å². The predicted molar refractivity (Wildman–Crippen MR) is 108 cm³/mol. The van der Waals surface area contributed by atoms with E-state index in [9.17, 15) is 14.0 Å². The van der Waals surface area contributed by atoms with Crippen molar-refractivity contribution in [2.75, 3.05) is 38.2 Å². The Morgan fingerprint density at radius 1 is 1.10 bits per heavy atom. The van der Waals surface area contributed by atoms with Crippen molar-refractivity contribution in [2.24, 2.45) is 7.05 Å². The Bertz CT molecular complexity index is 1140. The monoisotopic (exact) mass is 396 g/mol. The summed E-state index contributed by atoms with van der Waals surface area (Å²) in [7, 11) is 3.26. The lowest BCUT2D eigenvalue weighted by molar-refractivity contribution is 0.0737. The molecule has 0 N–H and O–H groups in total. The summed E-state index contributed by atoms with van der Waals surface area (Å²) in [5.41, 5.74) is 0.720. The van der Waals surface area contributed by atoms with Gasteiger partial charge in [0.25, 0.3) is 5.91 Å². The van der Waals surface area contributed by atoms with Gasteiger partial charge in [-0.05, 0) is 30.3 Å². The number of hydrogen-bond acceptors (Lipinski definition) is 5. The molecule has 0 aliphatic carbocycles. The molecule has 1 fully saturated rings. The molecule has 1 amide bonds. The van der Waals surface area contributed by atoms with E-state index in [1.807, 2.05) is 24.3 Å². The van der Waals surface area contributed by atoms with Crippen molar-refractivity contribution < 1.29 is 13.9 Å². The number of benzene rings is 2. The lowest BCUT2D eigenvalue weighted by Crippen LogP contribution is -2.50. The highest BCUT2D eigenvalue weighted by Crippen LogP contribution is 2.28. The SMILES string of the molecule is COc1ccccc1N1CCN(C(=O)c2nn(C)c3ccc(F)cc3c2=O)CC1. The van der Waals surface area contributed by atoms with Gasteiger partial charge in [0.15, 0.2) is 5.69 Å². The lowest BCUT2D eigenvalue weighted by atomic mass is 10.1. The number of para-hydroxylation sites is 2. The zero-order chi connectivity index (χ0) is 20.5. The number of aromatic nitrogens is 2. The van der Waals surface area contributed by atoms with Gasteiger partial charge in [0.2, 0.25) is 5.43 Å². The molecule has 8 heteroatoms. The summed E-state index contributed by atoms with van der Waals surface area (Å²) in [6.45, 7) is 2.11. The van der Waals surface area contributed by atoms with Crippen LogP contribution in [0.15, 0.2) is 47.3 Å². The molecule has 1 saturated heterocycles. The first-order chi connectivity index (χ1) is 14.0. The molecule has 1 aliphatic heterocycles. The third-order valence-corrected chi connectivity index (χ3v) is 5.21. The first-order valence-electron chi connectivity index (χ1n) is 9.33. The molecule has 1 aliphatic rings. The van der Waals surface area contributed by atoms with E-state index in [0.717, 1.165) is 17.5 Å². The number of carbonyl (C=O) groups is 1. The van der Waals surface area contributed by atoms with Crippen LogP contribution in [0.25, 0.3) is 10.9 Å². The lowest BCUT2D eigenvalue weighted by Gasteiger charge is -2.36. The second-order valence-electron chi connectivity index (χ2n) is 6.91. The molecule has 0 bridgehead atoms. The molecule has 0 unspecified atom stereocenters. The number of rotatable bonds is 3. The number of methoxy groups -OCH3 is 1. The predicted octanol–water partition coefficient (Wildman–Crippen LogP) is 2.04. The molecule has 150 valence electrons. The van der Waals surface area contributed by atoms with Crippen LogP contribution in [0, 0.1) is 5.82 Å². The maximum Gasteiger partial charge on any atom is 0.278 e. The number of piperazine rings is 1. The summed E-state index contributed by atoms with van der Waals surface area (Å²) >= 11 is 0. The molecule has 3 aromatic rings. The standard InChI is InChI=1S/C21H21FN4O3/c1-24-16-8-7-14(22)13-15(16)20(27)19(23-24)21(28)26-11-9-25(10-12-26)17-5-3-4-6-18(17)29-2/h3-8,13H,9-12H2,1-2H3. The van der Waals surface area contributed by atoms with Gasteiger partial charge in [0.05, 0.1) is 23.7 Å². The van der Waals surface area contributed by atoms with E-state index in [1.165, 1.54) is 16.8 Å². The van der Waals surface area contributed by atoms with Gasteiger partial charge in [-0.25, -0.2) is 4.39 Å². The largest absolute Gasteiger partial charge is 0.495 e. The topological polar surface area (TPSA) is 67.7 Å². The summed E-state index contributed by atoms with van der Waals surface area (Å²) in [5, 5.41) is 4.32. The Kier molecular flexibility index (Phi) is 4.92. The van der Waals surface area contributed by atoms with Crippen LogP contribution in [0.2, 0.25) is 0 Å². The molecule has 2 aromatic carbocycles. The van der Waals surface area contributed by atoms with Gasteiger partial charge in [-0.3, -0.25) is 14.3 Å². The highest BCUT2D eigenvalue weighted by molar-refractivity contribution is 5.95. The van der Waals surface area contributed by atoms with E-state index in [4.69, 9.17) is 4.74 Å². The highest BCUT2D eigenvalue weighted by atomic mass is 19.1. The van der Waals surface area contributed by atoms with Crippen LogP contribution >= 0.6 is 0 Å². The van der Waals surface area contributed by atoms with Gasteiger partial charge in [-0.2, -0.15) is 5.10 Å². The third-order valence-electron chi connectivity index (χ3n) is 5.21. The van der Waals surface area contributed by atoms with Crippen molar-refractivity contribution in [1.82, 2.24) is 14.7 Å². The Labute approximate surface area is 166 Å². The van der Waals surface area contributed by atoms with Gasteiger partial charge in [-0.15, -0.1) is 0 Å². The Morgan fingerprint density at radius 2 is 1.83 bits per heavy atom. The van der Waals surface area contributed by atoms with Crippen LogP contribution in [0.5, 0.6) is 5.75 Å². The maximum absolute atomic E-state index is 13.6. The highest BCUT2D eigenvalue weighted by Gasteiger charge is 2.27. The minimum absolute atomic E-state index is 0.151. The van der Waals surface area contributed by atoms with E-state index in [-0.39, 0.29) is 11.1 Å². The van der Waals surface area contributed by atoms with Crippen LogP contribution in [-0.4, -0.2) is 53.9 Å². The average Bonchev–Trinajstić information content (AvgIpc) is 2.75. The quantitative estimate of drug-likeness (QED) is 0.678. The Morgan fingerprint density at radius 3 is 2.55 bits per heavy atom. The van der Waals surface area contributed by atoms with Crippen molar-refractivity contribution in [3.63, 3.8) is 0 Å². The molecular weight excluding hydrogens is 375 g/mol. The molecule has 0 atom stereocenters. The first-order valence-corrected chi connectivity index (χ1v) is 9.33. The fourth-order valence-electron chi connectivity index (χ4n) is 3.68. The minimum Gasteiger partial charge on any atom is -0.495 e. The number of anilines is 1. The molecule has 1 aromatic heterocycles. The summed E-state index contributed by atoms with van der Waals surface area (Å²) in [6, 6.07) is 11.6. The second-order valence-corrected chi connectivity index (χ2v) is 6.91. The summed E-state index contributed by atoms with van der Waals surface area (Å²) in [4.78, 5) is 29.5. The van der Waals surface area contributed by atoms with Crippen LogP contribution in [0.4, 0.5) is 10.1 Å². The van der Waals surface area contributed by atoms with Gasteiger partial charge >= 0.3 is 0 Å². The number of hydrogen-bond donors (Lipinski definition) is 0. The smallest absolute Gasteiger partial charge is 0.278 e. The van der Waals surface area contributed by atoms with E-state index >= 15 is 0 Å².